The molecule has 9 nitrogen and oxygen atoms in total. The number of benzene rings is 2. The lowest BCUT2D eigenvalue weighted by Crippen LogP contribution is -2.26. The number of halogens is 1. The summed E-state index contributed by atoms with van der Waals surface area (Å²) in [4.78, 5) is 45.9. The van der Waals surface area contributed by atoms with Crippen LogP contribution in [-0.4, -0.2) is 33.0 Å². The van der Waals surface area contributed by atoms with E-state index in [1.165, 1.54) is 12.1 Å². The number of aromatic carboxylic acids is 2. The Bertz CT molecular complexity index is 954. The van der Waals surface area contributed by atoms with Gasteiger partial charge in [-0.1, -0.05) is 37.1 Å². The van der Waals surface area contributed by atoms with Gasteiger partial charge in [0.05, 0.1) is 16.1 Å². The van der Waals surface area contributed by atoms with Crippen molar-refractivity contribution in [2.45, 2.75) is 26.2 Å². The molecule has 30 heavy (non-hydrogen) atoms. The monoisotopic (exact) mass is 434 g/mol. The van der Waals surface area contributed by atoms with E-state index in [1.54, 1.807) is 12.1 Å². The standard InChI is InChI=1S/C20H19ClN2O7/c1-2-3-13(8-11-4-6-12(7-5-11)19(25)26)18(24)22-17-15(20(27)28)9-14(21)10-16(17)23(29)30/h4-7,9-10,13H,2-3,8H2,1H3,(H,22,24)(H,25,26)(H,27,28). The number of nitro groups is 1. The number of hydrogen-bond donors (Lipinski definition) is 3. The summed E-state index contributed by atoms with van der Waals surface area (Å²) in [5, 5.41) is 32.0. The molecule has 3 N–H and O–H groups in total. The van der Waals surface area contributed by atoms with Crippen LogP contribution in [0.4, 0.5) is 11.4 Å². The molecule has 1 amide bonds. The first-order valence-electron chi connectivity index (χ1n) is 8.98. The maximum absolute atomic E-state index is 12.9. The van der Waals surface area contributed by atoms with Crippen molar-refractivity contribution in [1.29, 1.82) is 0 Å². The van der Waals surface area contributed by atoms with Crippen molar-refractivity contribution in [3.8, 4) is 0 Å². The van der Waals surface area contributed by atoms with Gasteiger partial charge in [0.25, 0.3) is 5.69 Å². The van der Waals surface area contributed by atoms with E-state index in [4.69, 9.17) is 16.7 Å². The number of rotatable bonds is 9. The van der Waals surface area contributed by atoms with Crippen molar-refractivity contribution < 1.29 is 29.5 Å². The van der Waals surface area contributed by atoms with E-state index in [2.05, 4.69) is 5.32 Å². The summed E-state index contributed by atoms with van der Waals surface area (Å²) >= 11 is 5.78. The lowest BCUT2D eigenvalue weighted by molar-refractivity contribution is -0.383. The molecule has 0 aliphatic rings. The van der Waals surface area contributed by atoms with Crippen molar-refractivity contribution in [1.82, 2.24) is 0 Å². The molecule has 1 atom stereocenters. The Morgan fingerprint density at radius 1 is 1.13 bits per heavy atom. The van der Waals surface area contributed by atoms with Gasteiger partial charge in [0.15, 0.2) is 0 Å². The Labute approximate surface area is 176 Å². The highest BCUT2D eigenvalue weighted by Crippen LogP contribution is 2.33. The lowest BCUT2D eigenvalue weighted by atomic mass is 9.93. The molecule has 0 aromatic heterocycles. The summed E-state index contributed by atoms with van der Waals surface area (Å²) in [7, 11) is 0. The quantitative estimate of drug-likeness (QED) is 0.395. The largest absolute Gasteiger partial charge is 0.478 e. The molecule has 0 aliphatic carbocycles. The topological polar surface area (TPSA) is 147 Å². The lowest BCUT2D eigenvalue weighted by Gasteiger charge is -2.17. The molecule has 0 bridgehead atoms. The molecule has 0 saturated heterocycles. The van der Waals surface area contributed by atoms with Gasteiger partial charge < -0.3 is 15.5 Å². The molecule has 0 saturated carbocycles. The fourth-order valence-corrected chi connectivity index (χ4v) is 3.22. The third-order valence-corrected chi connectivity index (χ3v) is 4.67. The van der Waals surface area contributed by atoms with Crippen LogP contribution in [0.15, 0.2) is 36.4 Å². The molecule has 10 heteroatoms. The van der Waals surface area contributed by atoms with Gasteiger partial charge in [0, 0.05) is 17.0 Å². The van der Waals surface area contributed by atoms with Crippen molar-refractivity contribution >= 4 is 40.8 Å². The van der Waals surface area contributed by atoms with Crippen LogP contribution in [-0.2, 0) is 11.2 Å². The summed E-state index contributed by atoms with van der Waals surface area (Å²) in [6.45, 7) is 1.86. The molecule has 158 valence electrons. The van der Waals surface area contributed by atoms with Gasteiger partial charge in [-0.2, -0.15) is 0 Å². The van der Waals surface area contributed by atoms with E-state index in [9.17, 15) is 29.6 Å². The second kappa shape index (κ2) is 9.84. The van der Waals surface area contributed by atoms with Gasteiger partial charge >= 0.3 is 11.9 Å². The van der Waals surface area contributed by atoms with Gasteiger partial charge in [-0.05, 0) is 36.6 Å². The van der Waals surface area contributed by atoms with Crippen LogP contribution in [0.1, 0.15) is 46.0 Å². The molecule has 0 fully saturated rings. The zero-order valence-electron chi connectivity index (χ0n) is 15.9. The predicted molar refractivity (Wildman–Crippen MR) is 109 cm³/mol. The molecule has 0 radical (unpaired) electrons. The number of nitro benzene ring substituents is 1. The number of carboxylic acid groups (broad SMARTS) is 2. The van der Waals surface area contributed by atoms with Crippen molar-refractivity contribution in [3.05, 3.63) is 68.2 Å². The van der Waals surface area contributed by atoms with Gasteiger partial charge in [-0.25, -0.2) is 9.59 Å². The fourth-order valence-electron chi connectivity index (χ4n) is 3.00. The van der Waals surface area contributed by atoms with Crippen molar-refractivity contribution in [2.75, 3.05) is 5.32 Å². The van der Waals surface area contributed by atoms with Crippen LogP contribution in [0.3, 0.4) is 0 Å². The van der Waals surface area contributed by atoms with Crippen LogP contribution >= 0.6 is 11.6 Å². The average Bonchev–Trinajstić information content (AvgIpc) is 2.68. The highest BCUT2D eigenvalue weighted by atomic mass is 35.5. The summed E-state index contributed by atoms with van der Waals surface area (Å²) < 4.78 is 0. The van der Waals surface area contributed by atoms with Crippen LogP contribution in [0.5, 0.6) is 0 Å². The molecular formula is C20H19ClN2O7. The van der Waals surface area contributed by atoms with Gasteiger partial charge in [0.2, 0.25) is 5.91 Å². The Hall–Kier alpha value is -3.46. The molecule has 2 aromatic rings. The van der Waals surface area contributed by atoms with Crippen molar-refractivity contribution in [3.63, 3.8) is 0 Å². The first-order chi connectivity index (χ1) is 14.1. The number of amides is 1. The van der Waals surface area contributed by atoms with E-state index in [1.807, 2.05) is 6.92 Å². The minimum Gasteiger partial charge on any atom is -0.478 e. The first-order valence-corrected chi connectivity index (χ1v) is 9.36. The molecule has 2 aromatic carbocycles. The average molecular weight is 435 g/mol. The van der Waals surface area contributed by atoms with Gasteiger partial charge in [0.1, 0.15) is 5.69 Å². The van der Waals surface area contributed by atoms with E-state index in [-0.39, 0.29) is 17.0 Å². The summed E-state index contributed by atoms with van der Waals surface area (Å²) in [5.41, 5.74) is -0.710. The molecule has 0 aliphatic heterocycles. The van der Waals surface area contributed by atoms with Crippen LogP contribution < -0.4 is 5.32 Å². The number of nitrogens with zero attached hydrogens (tertiary/aromatic N) is 1. The summed E-state index contributed by atoms with van der Waals surface area (Å²) in [6, 6.07) is 8.03. The Balaban J connectivity index is 2.33. The van der Waals surface area contributed by atoms with Crippen LogP contribution in [0.2, 0.25) is 5.02 Å². The number of hydrogen-bond acceptors (Lipinski definition) is 5. The maximum Gasteiger partial charge on any atom is 0.338 e. The third kappa shape index (κ3) is 5.54. The minimum absolute atomic E-state index is 0.109. The Kier molecular flexibility index (Phi) is 7.48. The molecule has 0 heterocycles. The van der Waals surface area contributed by atoms with E-state index in [0.717, 1.165) is 12.1 Å². The normalized spacial score (nSPS) is 11.5. The zero-order valence-corrected chi connectivity index (χ0v) is 16.7. The number of carbonyl (C=O) groups is 3. The number of anilines is 1. The molecule has 0 spiro atoms. The second-order valence-corrected chi connectivity index (χ2v) is 7.03. The molecule has 2 rings (SSSR count). The Morgan fingerprint density at radius 2 is 1.77 bits per heavy atom. The van der Waals surface area contributed by atoms with Crippen molar-refractivity contribution in [2.24, 2.45) is 5.92 Å². The number of nitrogens with one attached hydrogen (secondary N) is 1. The number of carboxylic acids is 2. The van der Waals surface area contributed by atoms with E-state index >= 15 is 0 Å². The predicted octanol–water partition coefficient (Wildman–Crippen LogP) is 4.24. The SMILES string of the molecule is CCCC(Cc1ccc(C(=O)O)cc1)C(=O)Nc1c(C(=O)O)cc(Cl)cc1[N+](=O)[O-]. The molecule has 1 unspecified atom stereocenters. The smallest absolute Gasteiger partial charge is 0.338 e. The summed E-state index contributed by atoms with van der Waals surface area (Å²) in [6.07, 6.45) is 1.33. The highest BCUT2D eigenvalue weighted by molar-refractivity contribution is 6.31. The number of carbonyl (C=O) groups excluding carboxylic acids is 1. The highest BCUT2D eigenvalue weighted by Gasteiger charge is 2.27. The van der Waals surface area contributed by atoms with Gasteiger partial charge in [-0.15, -0.1) is 0 Å². The van der Waals surface area contributed by atoms with Crippen LogP contribution in [0, 0.1) is 16.0 Å². The van der Waals surface area contributed by atoms with E-state index < -0.39 is 45.6 Å². The Morgan fingerprint density at radius 3 is 2.27 bits per heavy atom. The zero-order chi connectivity index (χ0) is 22.4. The van der Waals surface area contributed by atoms with Gasteiger partial charge in [-0.3, -0.25) is 14.9 Å². The fraction of sp³-hybridized carbons (Fsp3) is 0.250. The third-order valence-electron chi connectivity index (χ3n) is 4.45. The second-order valence-electron chi connectivity index (χ2n) is 6.59. The summed E-state index contributed by atoms with van der Waals surface area (Å²) in [5.74, 6) is -3.72. The van der Waals surface area contributed by atoms with E-state index in [0.29, 0.717) is 18.4 Å². The minimum atomic E-state index is -1.47. The first kappa shape index (κ1) is 22.8. The molecular weight excluding hydrogens is 416 g/mol. The maximum atomic E-state index is 12.9. The van der Waals surface area contributed by atoms with Crippen LogP contribution in [0.25, 0.3) is 0 Å².